The van der Waals surface area contributed by atoms with Crippen LogP contribution in [-0.2, 0) is 31.3 Å². The van der Waals surface area contributed by atoms with Gasteiger partial charge in [0.2, 0.25) is 0 Å². The first-order valence-electron chi connectivity index (χ1n) is 26.5. The number of benzene rings is 7. The molecule has 1 fully saturated rings. The second kappa shape index (κ2) is 22.7. The molecule has 1 aliphatic heterocycles. The molecule has 0 aromatic heterocycles. The SMILES string of the molecule is CCCOc1c2cccc1Cc1cc(N3CCCC3)cc(c1OCCC)Cc1cc(C(O)(c3ccccc3)c3ccccc3)cc(c1OCCC)Cc1cc(-c3cc(C)cc(C)c3)cc(c1OCCC)C2. The molecule has 1 heterocycles. The highest BCUT2D eigenvalue weighted by Crippen LogP contribution is 2.45. The molecule has 71 heavy (non-hydrogen) atoms. The molecule has 7 aromatic rings. The highest BCUT2D eigenvalue weighted by atomic mass is 16.5. The summed E-state index contributed by atoms with van der Waals surface area (Å²) in [6.45, 7) is 17.4. The van der Waals surface area contributed by atoms with Gasteiger partial charge in [0, 0.05) is 55.6 Å². The zero-order chi connectivity index (χ0) is 49.3. The van der Waals surface area contributed by atoms with E-state index in [0.717, 1.165) is 129 Å². The van der Waals surface area contributed by atoms with Crippen LogP contribution in [0, 0.1) is 13.8 Å². The van der Waals surface area contributed by atoms with Crippen LogP contribution in [0.25, 0.3) is 11.1 Å². The van der Waals surface area contributed by atoms with E-state index in [4.69, 9.17) is 18.9 Å². The van der Waals surface area contributed by atoms with Crippen molar-refractivity contribution in [2.45, 2.75) is 111 Å². The highest BCUT2D eigenvalue weighted by Gasteiger charge is 2.36. The van der Waals surface area contributed by atoms with Crippen LogP contribution in [0.15, 0.2) is 133 Å². The molecule has 0 amide bonds. The molecule has 2 aliphatic rings. The topological polar surface area (TPSA) is 60.4 Å². The van der Waals surface area contributed by atoms with Crippen molar-refractivity contribution in [2.75, 3.05) is 44.4 Å². The quantitative estimate of drug-likeness (QED) is 0.0918. The molecule has 9 rings (SSSR count). The Morgan fingerprint density at radius 3 is 1.20 bits per heavy atom. The molecular weight excluding hydrogens is 875 g/mol. The number of hydrogen-bond donors (Lipinski definition) is 1. The van der Waals surface area contributed by atoms with E-state index < -0.39 is 5.60 Å². The Bertz CT molecular complexity index is 2860. The van der Waals surface area contributed by atoms with Gasteiger partial charge in [-0.1, -0.05) is 136 Å². The van der Waals surface area contributed by atoms with E-state index in [0.29, 0.717) is 52.1 Å². The van der Waals surface area contributed by atoms with E-state index in [1.807, 2.05) is 60.7 Å². The fourth-order valence-corrected chi connectivity index (χ4v) is 10.9. The van der Waals surface area contributed by atoms with E-state index in [1.54, 1.807) is 0 Å². The number of ether oxygens (including phenoxy) is 4. The van der Waals surface area contributed by atoms with Crippen molar-refractivity contribution in [3.05, 3.63) is 206 Å². The zero-order valence-electron chi connectivity index (χ0n) is 43.0. The van der Waals surface area contributed by atoms with Crippen molar-refractivity contribution in [1.29, 1.82) is 0 Å². The molecule has 0 unspecified atom stereocenters. The number of para-hydroxylation sites is 1. The van der Waals surface area contributed by atoms with Gasteiger partial charge < -0.3 is 29.0 Å². The lowest BCUT2D eigenvalue weighted by molar-refractivity contribution is 0.125. The highest BCUT2D eigenvalue weighted by molar-refractivity contribution is 5.71. The smallest absolute Gasteiger partial charge is 0.140 e. The number of rotatable bonds is 17. The molecule has 1 saturated heterocycles. The Morgan fingerprint density at radius 1 is 0.408 bits per heavy atom. The van der Waals surface area contributed by atoms with Gasteiger partial charge in [0.1, 0.15) is 28.6 Å². The molecule has 8 bridgehead atoms. The summed E-state index contributed by atoms with van der Waals surface area (Å²) < 4.78 is 28.0. The van der Waals surface area contributed by atoms with Gasteiger partial charge in [-0.2, -0.15) is 0 Å². The molecule has 0 atom stereocenters. The van der Waals surface area contributed by atoms with Crippen LogP contribution in [0.5, 0.6) is 23.0 Å². The van der Waals surface area contributed by atoms with E-state index in [-0.39, 0.29) is 0 Å². The zero-order valence-corrected chi connectivity index (χ0v) is 43.0. The van der Waals surface area contributed by atoms with Gasteiger partial charge in [0.25, 0.3) is 0 Å². The first kappa shape index (κ1) is 49.5. The van der Waals surface area contributed by atoms with Crippen LogP contribution in [-0.4, -0.2) is 44.6 Å². The summed E-state index contributed by atoms with van der Waals surface area (Å²) in [5, 5.41) is 13.7. The standard InChI is InChI=1S/C65H73NO5/c1-7-28-68-61-47-20-19-21-48(61)36-55-43-60(66-26-17-18-27-66)44-56(64(55)71-31-10-4)40-54-42-59(65(67,57-22-13-11-14-23-57)58-24-15-12-16-25-58)41-53(63(54)70-30-9-3)39-52-38-50(49-33-45(5)32-46(6)34-49)37-51(35-47)62(52)69-29-8-2/h11-16,19-25,32-34,37-38,41-44,67H,7-10,17-18,26-31,35-36,39-40H2,1-6H3. The predicted molar refractivity (Wildman–Crippen MR) is 291 cm³/mol. The molecule has 0 saturated carbocycles. The minimum absolute atomic E-state index is 0.502. The number of aliphatic hydroxyl groups is 1. The second-order valence-electron chi connectivity index (χ2n) is 19.9. The van der Waals surface area contributed by atoms with Gasteiger partial charge in [-0.05, 0) is 150 Å². The van der Waals surface area contributed by atoms with E-state index in [9.17, 15) is 5.11 Å². The number of hydrogen-bond acceptors (Lipinski definition) is 6. The molecule has 1 N–H and O–H groups in total. The normalized spacial score (nSPS) is 13.5. The van der Waals surface area contributed by atoms with E-state index in [1.165, 1.54) is 35.2 Å². The fraction of sp³-hybridized carbons (Fsp3) is 0.354. The minimum atomic E-state index is -1.49. The number of nitrogens with zero attached hydrogens (tertiary/aromatic N) is 1. The molecule has 6 nitrogen and oxygen atoms in total. The number of fused-ring (bicyclic) bond motifs is 8. The predicted octanol–water partition coefficient (Wildman–Crippen LogP) is 14.7. The molecule has 368 valence electrons. The molecular formula is C65H73NO5. The molecule has 6 heteroatoms. The van der Waals surface area contributed by atoms with Gasteiger partial charge >= 0.3 is 0 Å². The molecule has 0 radical (unpaired) electrons. The van der Waals surface area contributed by atoms with Crippen molar-refractivity contribution in [2.24, 2.45) is 0 Å². The fourth-order valence-electron chi connectivity index (χ4n) is 10.9. The Labute approximate surface area is 423 Å². The number of aryl methyl sites for hydroxylation is 2. The Morgan fingerprint density at radius 2 is 0.775 bits per heavy atom. The third-order valence-corrected chi connectivity index (χ3v) is 14.0. The van der Waals surface area contributed by atoms with Crippen molar-refractivity contribution >= 4 is 5.69 Å². The van der Waals surface area contributed by atoms with Gasteiger partial charge in [0.05, 0.1) is 26.4 Å². The minimum Gasteiger partial charge on any atom is -0.493 e. The Hall–Kier alpha value is -6.50. The van der Waals surface area contributed by atoms with Crippen LogP contribution < -0.4 is 23.8 Å². The first-order valence-corrected chi connectivity index (χ1v) is 26.5. The molecule has 0 spiro atoms. The van der Waals surface area contributed by atoms with Crippen molar-refractivity contribution in [3.63, 3.8) is 0 Å². The first-order chi connectivity index (χ1) is 34.7. The molecule has 1 aliphatic carbocycles. The summed E-state index contributed by atoms with van der Waals surface area (Å²) in [5.41, 5.74) is 15.6. The summed E-state index contributed by atoms with van der Waals surface area (Å²) in [6, 6.07) is 47.7. The summed E-state index contributed by atoms with van der Waals surface area (Å²) in [4.78, 5) is 2.54. The monoisotopic (exact) mass is 948 g/mol. The average molecular weight is 948 g/mol. The largest absolute Gasteiger partial charge is 0.493 e. The van der Waals surface area contributed by atoms with Crippen molar-refractivity contribution in [1.82, 2.24) is 0 Å². The van der Waals surface area contributed by atoms with Crippen LogP contribution >= 0.6 is 0 Å². The number of anilines is 1. The third-order valence-electron chi connectivity index (χ3n) is 14.0. The van der Waals surface area contributed by atoms with Gasteiger partial charge in [-0.15, -0.1) is 0 Å². The van der Waals surface area contributed by atoms with Crippen molar-refractivity contribution < 1.29 is 24.1 Å². The maximum Gasteiger partial charge on any atom is 0.140 e. The summed E-state index contributed by atoms with van der Waals surface area (Å²) in [6.07, 6.45) is 8.10. The van der Waals surface area contributed by atoms with Crippen LogP contribution in [0.3, 0.4) is 0 Å². The van der Waals surface area contributed by atoms with Crippen LogP contribution in [0.1, 0.15) is 139 Å². The lowest BCUT2D eigenvalue weighted by Crippen LogP contribution is -2.29. The Balaban J connectivity index is 1.40. The van der Waals surface area contributed by atoms with E-state index in [2.05, 4.69) is 119 Å². The Kier molecular flexibility index (Phi) is 15.8. The third kappa shape index (κ3) is 10.9. The van der Waals surface area contributed by atoms with Gasteiger partial charge in [-0.3, -0.25) is 0 Å². The van der Waals surface area contributed by atoms with Crippen LogP contribution in [0.4, 0.5) is 5.69 Å². The summed E-state index contributed by atoms with van der Waals surface area (Å²) in [5.74, 6) is 3.61. The maximum absolute atomic E-state index is 13.7. The lowest BCUT2D eigenvalue weighted by Gasteiger charge is -2.32. The maximum atomic E-state index is 13.7. The van der Waals surface area contributed by atoms with Gasteiger partial charge in [-0.25, -0.2) is 0 Å². The second-order valence-corrected chi connectivity index (χ2v) is 19.9. The van der Waals surface area contributed by atoms with E-state index >= 15 is 0 Å². The molecule has 7 aromatic carbocycles. The summed E-state index contributed by atoms with van der Waals surface area (Å²) in [7, 11) is 0. The van der Waals surface area contributed by atoms with Crippen LogP contribution in [0.2, 0.25) is 0 Å². The lowest BCUT2D eigenvalue weighted by atomic mass is 9.78. The average Bonchev–Trinajstić information content (AvgIpc) is 3.93. The summed E-state index contributed by atoms with van der Waals surface area (Å²) >= 11 is 0. The van der Waals surface area contributed by atoms with Crippen molar-refractivity contribution in [3.8, 4) is 34.1 Å². The van der Waals surface area contributed by atoms with Gasteiger partial charge in [0.15, 0.2) is 0 Å².